The fourth-order valence-corrected chi connectivity index (χ4v) is 0.388. The first kappa shape index (κ1) is 10.8. The summed E-state index contributed by atoms with van der Waals surface area (Å²) in [5.41, 5.74) is 0.731. The summed E-state index contributed by atoms with van der Waals surface area (Å²) >= 11 is 0. The fourth-order valence-electron chi connectivity index (χ4n) is 0.388. The van der Waals surface area contributed by atoms with E-state index in [2.05, 4.69) is 22.9 Å². The molecule has 0 amide bonds. The molecule has 0 saturated carbocycles. The van der Waals surface area contributed by atoms with Crippen LogP contribution in [0.25, 0.3) is 0 Å². The molecule has 68 valence electrons. The number of hydrogen-bond donors (Lipinski definition) is 0. The molecule has 0 aromatic carbocycles. The average Bonchev–Trinajstić information content (AvgIpc) is 1.99. The van der Waals surface area contributed by atoms with Gasteiger partial charge in [0.05, 0.1) is 0 Å². The number of allylic oxidation sites excluding steroid dienone is 1. The van der Waals surface area contributed by atoms with E-state index in [1.54, 1.807) is 0 Å². The van der Waals surface area contributed by atoms with E-state index in [-0.39, 0.29) is 5.88 Å². The third-order valence-corrected chi connectivity index (χ3v) is 1.07. The molecule has 0 aliphatic carbocycles. The SMILES string of the molecule is C=C(/C=N\C(=C)OC(F)F)CC. The lowest BCUT2D eigenvalue weighted by Gasteiger charge is -2.01. The van der Waals surface area contributed by atoms with E-state index in [4.69, 9.17) is 0 Å². The summed E-state index contributed by atoms with van der Waals surface area (Å²) in [5.74, 6) is -0.306. The van der Waals surface area contributed by atoms with Crippen LogP contribution in [-0.4, -0.2) is 12.8 Å². The van der Waals surface area contributed by atoms with Gasteiger partial charge in [0, 0.05) is 6.21 Å². The van der Waals surface area contributed by atoms with Crippen molar-refractivity contribution in [2.75, 3.05) is 0 Å². The third kappa shape index (κ3) is 5.58. The Bertz CT molecular complexity index is 199. The Morgan fingerprint density at radius 1 is 1.58 bits per heavy atom. The Labute approximate surface area is 70.3 Å². The normalized spacial score (nSPS) is 10.7. The molecule has 2 nitrogen and oxygen atoms in total. The predicted molar refractivity (Wildman–Crippen MR) is 44.2 cm³/mol. The van der Waals surface area contributed by atoms with Crippen molar-refractivity contribution in [2.45, 2.75) is 20.0 Å². The van der Waals surface area contributed by atoms with Crippen molar-refractivity contribution in [2.24, 2.45) is 4.99 Å². The van der Waals surface area contributed by atoms with Gasteiger partial charge < -0.3 is 4.74 Å². The fraction of sp³-hybridized carbons (Fsp3) is 0.375. The first-order valence-corrected chi connectivity index (χ1v) is 3.41. The van der Waals surface area contributed by atoms with Crippen molar-refractivity contribution < 1.29 is 13.5 Å². The molecule has 12 heavy (non-hydrogen) atoms. The Morgan fingerprint density at radius 2 is 2.17 bits per heavy atom. The van der Waals surface area contributed by atoms with Gasteiger partial charge in [0.15, 0.2) is 0 Å². The van der Waals surface area contributed by atoms with Crippen LogP contribution in [0.3, 0.4) is 0 Å². The van der Waals surface area contributed by atoms with Crippen LogP contribution in [0, 0.1) is 0 Å². The molecule has 0 aromatic rings. The Kier molecular flexibility index (Phi) is 4.92. The van der Waals surface area contributed by atoms with E-state index >= 15 is 0 Å². The molecule has 4 heteroatoms. The van der Waals surface area contributed by atoms with Gasteiger partial charge in [0.1, 0.15) is 0 Å². The van der Waals surface area contributed by atoms with Crippen molar-refractivity contribution in [1.29, 1.82) is 0 Å². The Balaban J connectivity index is 3.83. The molecule has 0 saturated heterocycles. The molecule has 0 N–H and O–H groups in total. The van der Waals surface area contributed by atoms with E-state index in [1.807, 2.05) is 6.92 Å². The van der Waals surface area contributed by atoms with E-state index in [1.165, 1.54) is 6.21 Å². The molecule has 0 aliphatic heterocycles. The number of halogens is 2. The minimum atomic E-state index is -2.87. The maximum Gasteiger partial charge on any atom is 0.388 e. The molecule has 0 rings (SSSR count). The van der Waals surface area contributed by atoms with Crippen LogP contribution in [-0.2, 0) is 4.74 Å². The van der Waals surface area contributed by atoms with Gasteiger partial charge in [-0.15, -0.1) is 0 Å². The second-order valence-corrected chi connectivity index (χ2v) is 2.04. The first-order chi connectivity index (χ1) is 5.56. The maximum absolute atomic E-state index is 11.5. The molecule has 0 radical (unpaired) electrons. The average molecular weight is 175 g/mol. The molecular formula is C8H11F2NO. The van der Waals surface area contributed by atoms with Crippen molar-refractivity contribution >= 4 is 6.21 Å². The minimum absolute atomic E-state index is 0.306. The zero-order chi connectivity index (χ0) is 9.56. The largest absolute Gasteiger partial charge is 0.418 e. The Hall–Kier alpha value is -1.19. The highest BCUT2D eigenvalue weighted by molar-refractivity contribution is 5.78. The lowest BCUT2D eigenvalue weighted by Crippen LogP contribution is -1.96. The highest BCUT2D eigenvalue weighted by atomic mass is 19.3. The lowest BCUT2D eigenvalue weighted by molar-refractivity contribution is -0.0959. The molecule has 0 aromatic heterocycles. The zero-order valence-electron chi connectivity index (χ0n) is 6.89. The summed E-state index contributed by atoms with van der Waals surface area (Å²) in [6.45, 7) is 5.76. The summed E-state index contributed by atoms with van der Waals surface area (Å²) in [5, 5.41) is 0. The monoisotopic (exact) mass is 175 g/mol. The Morgan fingerprint density at radius 3 is 2.58 bits per heavy atom. The molecule has 0 fully saturated rings. The molecule has 0 atom stereocenters. The first-order valence-electron chi connectivity index (χ1n) is 3.41. The van der Waals surface area contributed by atoms with Gasteiger partial charge in [-0.05, 0) is 18.6 Å². The summed E-state index contributed by atoms with van der Waals surface area (Å²) in [6.07, 6.45) is 2.07. The lowest BCUT2D eigenvalue weighted by atomic mass is 10.3. The van der Waals surface area contributed by atoms with Crippen LogP contribution < -0.4 is 0 Å². The summed E-state index contributed by atoms with van der Waals surface area (Å²) < 4.78 is 26.9. The van der Waals surface area contributed by atoms with Gasteiger partial charge in [0.2, 0.25) is 5.88 Å². The molecule has 0 unspecified atom stereocenters. The molecule has 0 aliphatic rings. The highest BCUT2D eigenvalue weighted by Gasteiger charge is 2.02. The van der Waals surface area contributed by atoms with Crippen LogP contribution in [0.2, 0.25) is 0 Å². The van der Waals surface area contributed by atoms with Crippen molar-refractivity contribution in [3.8, 4) is 0 Å². The quantitative estimate of drug-likeness (QED) is 0.465. The summed E-state index contributed by atoms with van der Waals surface area (Å²) in [6, 6.07) is 0. The molecule has 0 spiro atoms. The number of hydrogen-bond acceptors (Lipinski definition) is 2. The van der Waals surface area contributed by atoms with Crippen molar-refractivity contribution in [1.82, 2.24) is 0 Å². The van der Waals surface area contributed by atoms with Gasteiger partial charge in [-0.25, -0.2) is 4.99 Å². The van der Waals surface area contributed by atoms with Gasteiger partial charge in [0.25, 0.3) is 0 Å². The van der Waals surface area contributed by atoms with Crippen molar-refractivity contribution in [3.05, 3.63) is 24.6 Å². The van der Waals surface area contributed by atoms with Gasteiger partial charge in [-0.3, -0.25) is 0 Å². The van der Waals surface area contributed by atoms with Gasteiger partial charge in [-0.2, -0.15) is 8.78 Å². The van der Waals surface area contributed by atoms with Crippen LogP contribution >= 0.6 is 0 Å². The maximum atomic E-state index is 11.5. The van der Waals surface area contributed by atoms with Crippen molar-refractivity contribution in [3.63, 3.8) is 0 Å². The van der Waals surface area contributed by atoms with E-state index < -0.39 is 6.61 Å². The predicted octanol–water partition coefficient (Wildman–Crippen LogP) is 2.73. The van der Waals surface area contributed by atoms with Crippen LogP contribution in [0.15, 0.2) is 29.6 Å². The van der Waals surface area contributed by atoms with Gasteiger partial charge in [-0.1, -0.05) is 13.5 Å². The van der Waals surface area contributed by atoms with E-state index in [0.29, 0.717) is 6.42 Å². The molecule has 0 heterocycles. The standard InChI is InChI=1S/C8H11F2NO/c1-4-6(2)5-11-7(3)12-8(9)10/h5,8H,2-4H2,1H3/b11-5-. The van der Waals surface area contributed by atoms with E-state index in [0.717, 1.165) is 5.57 Å². The van der Waals surface area contributed by atoms with E-state index in [9.17, 15) is 8.78 Å². The number of ether oxygens (including phenoxy) is 1. The van der Waals surface area contributed by atoms with Crippen LogP contribution in [0.4, 0.5) is 8.78 Å². The summed E-state index contributed by atoms with van der Waals surface area (Å²) in [7, 11) is 0. The third-order valence-electron chi connectivity index (χ3n) is 1.07. The number of nitrogens with zero attached hydrogens (tertiary/aromatic N) is 1. The number of rotatable bonds is 5. The second kappa shape index (κ2) is 5.46. The highest BCUT2D eigenvalue weighted by Crippen LogP contribution is 2.04. The molecule has 0 bridgehead atoms. The van der Waals surface area contributed by atoms with Crippen LogP contribution in [0.1, 0.15) is 13.3 Å². The van der Waals surface area contributed by atoms with Crippen LogP contribution in [0.5, 0.6) is 0 Å². The topological polar surface area (TPSA) is 21.6 Å². The smallest absolute Gasteiger partial charge is 0.388 e. The summed E-state index contributed by atoms with van der Waals surface area (Å²) in [4.78, 5) is 3.51. The minimum Gasteiger partial charge on any atom is -0.418 e. The number of alkyl halides is 2. The van der Waals surface area contributed by atoms with Gasteiger partial charge >= 0.3 is 6.61 Å². The molecular weight excluding hydrogens is 164 g/mol. The number of aliphatic imine (C=N–C) groups is 1. The zero-order valence-corrected chi connectivity index (χ0v) is 6.89. The second-order valence-electron chi connectivity index (χ2n) is 2.04.